The van der Waals surface area contributed by atoms with Gasteiger partial charge < -0.3 is 16.2 Å². The highest BCUT2D eigenvalue weighted by molar-refractivity contribution is 5.63. The Morgan fingerprint density at radius 3 is 2.11 bits per heavy atom. The average molecular weight is 256 g/mol. The second-order valence-electron chi connectivity index (χ2n) is 4.60. The smallest absolute Gasteiger partial charge is 0.0601 e. The molecule has 0 aliphatic rings. The maximum atomic E-state index is 9.17. The van der Waals surface area contributed by atoms with Crippen molar-refractivity contribution in [2.24, 2.45) is 5.73 Å². The minimum absolute atomic E-state index is 0.0326. The van der Waals surface area contributed by atoms with Gasteiger partial charge in [0, 0.05) is 12.1 Å². The van der Waals surface area contributed by atoms with Crippen LogP contribution in [0.4, 0.5) is 0 Å². The number of nitrogens with one attached hydrogen (secondary N) is 1. The number of aliphatic hydroxyl groups is 1. The van der Waals surface area contributed by atoms with Crippen LogP contribution in [0.1, 0.15) is 11.6 Å². The predicted molar refractivity (Wildman–Crippen MR) is 78.7 cm³/mol. The molecule has 0 heterocycles. The van der Waals surface area contributed by atoms with Gasteiger partial charge in [-0.05, 0) is 23.7 Å². The normalized spacial score (nSPS) is 14.1. The summed E-state index contributed by atoms with van der Waals surface area (Å²) >= 11 is 0. The van der Waals surface area contributed by atoms with Crippen LogP contribution < -0.4 is 11.1 Å². The van der Waals surface area contributed by atoms with Crippen LogP contribution in [0.5, 0.6) is 0 Å². The Morgan fingerprint density at radius 1 is 1.00 bits per heavy atom. The van der Waals surface area contributed by atoms with Gasteiger partial charge in [-0.25, -0.2) is 0 Å². The van der Waals surface area contributed by atoms with E-state index >= 15 is 0 Å². The van der Waals surface area contributed by atoms with E-state index in [1.165, 1.54) is 11.1 Å². The predicted octanol–water partition coefficient (Wildman–Crippen LogP) is 1.93. The number of aliphatic hydroxyl groups excluding tert-OH is 1. The molecule has 0 bridgehead atoms. The highest BCUT2D eigenvalue weighted by atomic mass is 16.3. The van der Waals surface area contributed by atoms with E-state index in [9.17, 15) is 0 Å². The molecule has 0 aliphatic heterocycles. The maximum absolute atomic E-state index is 9.17. The molecule has 0 saturated heterocycles. The van der Waals surface area contributed by atoms with Crippen molar-refractivity contribution < 1.29 is 5.11 Å². The van der Waals surface area contributed by atoms with E-state index in [0.717, 1.165) is 5.56 Å². The Morgan fingerprint density at radius 2 is 1.58 bits per heavy atom. The maximum Gasteiger partial charge on any atom is 0.0601 e. The molecule has 2 rings (SSSR count). The third-order valence-electron chi connectivity index (χ3n) is 3.33. The van der Waals surface area contributed by atoms with E-state index in [1.54, 1.807) is 0 Å². The number of likely N-dealkylation sites (N-methyl/N-ethyl adjacent to an activating group) is 1. The van der Waals surface area contributed by atoms with Gasteiger partial charge in [-0.1, -0.05) is 54.6 Å². The van der Waals surface area contributed by atoms with Crippen molar-refractivity contribution in [2.45, 2.75) is 12.1 Å². The molecule has 4 N–H and O–H groups in total. The molecule has 0 amide bonds. The van der Waals surface area contributed by atoms with Crippen LogP contribution in [0.2, 0.25) is 0 Å². The summed E-state index contributed by atoms with van der Waals surface area (Å²) in [4.78, 5) is 0. The lowest BCUT2D eigenvalue weighted by Crippen LogP contribution is -2.38. The first-order chi connectivity index (χ1) is 9.26. The van der Waals surface area contributed by atoms with Crippen LogP contribution in [0.3, 0.4) is 0 Å². The summed E-state index contributed by atoms with van der Waals surface area (Å²) in [6.07, 6.45) is 0. The SMILES string of the molecule is CNC(c1ccc(-c2ccccc2)cc1)C(N)CO. The molecule has 0 aromatic heterocycles. The van der Waals surface area contributed by atoms with Crippen LogP contribution in [0.25, 0.3) is 11.1 Å². The summed E-state index contributed by atoms with van der Waals surface area (Å²) in [5.41, 5.74) is 9.36. The van der Waals surface area contributed by atoms with Crippen molar-refractivity contribution in [1.29, 1.82) is 0 Å². The molecule has 2 unspecified atom stereocenters. The lowest BCUT2D eigenvalue weighted by molar-refractivity contribution is 0.240. The van der Waals surface area contributed by atoms with Gasteiger partial charge in [0.15, 0.2) is 0 Å². The molecule has 0 radical (unpaired) electrons. The van der Waals surface area contributed by atoms with Crippen LogP contribution >= 0.6 is 0 Å². The van der Waals surface area contributed by atoms with Crippen molar-refractivity contribution in [1.82, 2.24) is 5.32 Å². The molecule has 0 saturated carbocycles. The lowest BCUT2D eigenvalue weighted by atomic mass is 9.97. The van der Waals surface area contributed by atoms with Crippen LogP contribution in [0, 0.1) is 0 Å². The zero-order valence-corrected chi connectivity index (χ0v) is 11.1. The Hall–Kier alpha value is -1.68. The van der Waals surface area contributed by atoms with Gasteiger partial charge in [0.05, 0.1) is 6.61 Å². The molecule has 3 heteroatoms. The van der Waals surface area contributed by atoms with E-state index in [0.29, 0.717) is 0 Å². The average Bonchev–Trinajstić information content (AvgIpc) is 2.49. The van der Waals surface area contributed by atoms with Gasteiger partial charge in [-0.3, -0.25) is 0 Å². The first kappa shape index (κ1) is 13.7. The molecular weight excluding hydrogens is 236 g/mol. The Balaban J connectivity index is 2.23. The van der Waals surface area contributed by atoms with Gasteiger partial charge in [-0.15, -0.1) is 0 Å². The van der Waals surface area contributed by atoms with Crippen LogP contribution in [-0.4, -0.2) is 24.8 Å². The Kier molecular flexibility index (Phi) is 4.68. The van der Waals surface area contributed by atoms with Gasteiger partial charge in [0.2, 0.25) is 0 Å². The fourth-order valence-corrected chi connectivity index (χ4v) is 2.25. The fourth-order valence-electron chi connectivity index (χ4n) is 2.25. The minimum atomic E-state index is -0.299. The van der Waals surface area contributed by atoms with E-state index < -0.39 is 0 Å². The summed E-state index contributed by atoms with van der Waals surface area (Å²) in [6.45, 7) is -0.0358. The molecule has 0 aliphatic carbocycles. The number of rotatable bonds is 5. The number of hydrogen-bond donors (Lipinski definition) is 3. The molecular formula is C16H20N2O. The standard InChI is InChI=1S/C16H20N2O/c1-18-16(15(17)11-19)14-9-7-13(8-10-14)12-5-3-2-4-6-12/h2-10,15-16,18-19H,11,17H2,1H3. The zero-order chi connectivity index (χ0) is 13.7. The van der Waals surface area contributed by atoms with Crippen molar-refractivity contribution in [3.8, 4) is 11.1 Å². The molecule has 0 spiro atoms. The fraction of sp³-hybridized carbons (Fsp3) is 0.250. The minimum Gasteiger partial charge on any atom is -0.395 e. The highest BCUT2D eigenvalue weighted by Gasteiger charge is 2.16. The van der Waals surface area contributed by atoms with Crippen molar-refractivity contribution in [3.63, 3.8) is 0 Å². The van der Waals surface area contributed by atoms with Crippen LogP contribution in [-0.2, 0) is 0 Å². The summed E-state index contributed by atoms with van der Waals surface area (Å²) in [7, 11) is 1.85. The van der Waals surface area contributed by atoms with Gasteiger partial charge in [0.25, 0.3) is 0 Å². The third kappa shape index (κ3) is 3.20. The summed E-state index contributed by atoms with van der Waals surface area (Å²) < 4.78 is 0. The highest BCUT2D eigenvalue weighted by Crippen LogP contribution is 2.22. The third-order valence-corrected chi connectivity index (χ3v) is 3.33. The van der Waals surface area contributed by atoms with E-state index in [1.807, 2.05) is 25.2 Å². The summed E-state index contributed by atoms with van der Waals surface area (Å²) in [5.74, 6) is 0. The number of benzene rings is 2. The van der Waals surface area contributed by atoms with Gasteiger partial charge in [0.1, 0.15) is 0 Å². The zero-order valence-electron chi connectivity index (χ0n) is 11.1. The topological polar surface area (TPSA) is 58.3 Å². The molecule has 100 valence electrons. The first-order valence-electron chi connectivity index (χ1n) is 6.45. The van der Waals surface area contributed by atoms with Crippen molar-refractivity contribution in [2.75, 3.05) is 13.7 Å². The van der Waals surface area contributed by atoms with Crippen molar-refractivity contribution in [3.05, 3.63) is 60.2 Å². The van der Waals surface area contributed by atoms with E-state index in [2.05, 4.69) is 41.7 Å². The largest absolute Gasteiger partial charge is 0.395 e. The second kappa shape index (κ2) is 6.48. The van der Waals surface area contributed by atoms with Crippen LogP contribution in [0.15, 0.2) is 54.6 Å². The molecule has 2 aromatic carbocycles. The number of hydrogen-bond acceptors (Lipinski definition) is 3. The van der Waals surface area contributed by atoms with Crippen molar-refractivity contribution >= 4 is 0 Å². The monoisotopic (exact) mass is 256 g/mol. The quantitative estimate of drug-likeness (QED) is 0.766. The van der Waals surface area contributed by atoms with E-state index in [-0.39, 0.29) is 18.7 Å². The van der Waals surface area contributed by atoms with Gasteiger partial charge in [-0.2, -0.15) is 0 Å². The summed E-state index contributed by atoms with van der Waals surface area (Å²) in [6, 6.07) is 18.2. The Bertz CT molecular complexity index is 496. The summed E-state index contributed by atoms with van der Waals surface area (Å²) in [5, 5.41) is 12.3. The molecule has 0 fully saturated rings. The second-order valence-corrected chi connectivity index (χ2v) is 4.60. The molecule has 3 nitrogen and oxygen atoms in total. The Labute approximate surface area is 114 Å². The van der Waals surface area contributed by atoms with E-state index in [4.69, 9.17) is 10.8 Å². The molecule has 19 heavy (non-hydrogen) atoms. The van der Waals surface area contributed by atoms with Gasteiger partial charge >= 0.3 is 0 Å². The molecule has 2 atom stereocenters. The lowest BCUT2D eigenvalue weighted by Gasteiger charge is -2.22. The molecule has 2 aromatic rings. The number of nitrogens with two attached hydrogens (primary N) is 1. The first-order valence-corrected chi connectivity index (χ1v) is 6.45.